The Bertz CT molecular complexity index is 2560. The Morgan fingerprint density at radius 3 is 1.31 bits per heavy atom. The van der Waals surface area contributed by atoms with Crippen molar-refractivity contribution in [3.63, 3.8) is 0 Å². The zero-order chi connectivity index (χ0) is 63.3. The minimum atomic E-state index is -1.76. The van der Waals surface area contributed by atoms with Gasteiger partial charge >= 0.3 is 35.8 Å². The molecule has 3 saturated carbocycles. The van der Waals surface area contributed by atoms with E-state index in [4.69, 9.17) is 86.2 Å². The summed E-state index contributed by atoms with van der Waals surface area (Å²) >= 11 is 0. The van der Waals surface area contributed by atoms with Crippen LogP contribution in [0.2, 0.25) is 0 Å². The number of ether oxygens (including phenoxy) is 12. The number of hydrogen-bond donors (Lipinski definition) is 1. The highest BCUT2D eigenvalue weighted by molar-refractivity contribution is 5.79. The van der Waals surface area contributed by atoms with Crippen LogP contribution >= 0.6 is 0 Å². The van der Waals surface area contributed by atoms with Crippen molar-refractivity contribution in [3.8, 4) is 0 Å². The van der Waals surface area contributed by atoms with Crippen LogP contribution in [-0.2, 0) is 115 Å². The lowest BCUT2D eigenvalue weighted by molar-refractivity contribution is -0.576. The number of fused-ring (bicyclic) bond motifs is 6. The van der Waals surface area contributed by atoms with E-state index in [0.29, 0.717) is 37.0 Å². The van der Waals surface area contributed by atoms with E-state index in [-0.39, 0.29) is 54.0 Å². The second kappa shape index (κ2) is 24.6. The quantitative estimate of drug-likeness (QED) is 0.0739. The van der Waals surface area contributed by atoms with Crippen LogP contribution in [0.4, 0.5) is 0 Å². The van der Waals surface area contributed by atoms with Crippen LogP contribution in [-0.4, -0.2) is 146 Å². The van der Waals surface area contributed by atoms with E-state index in [1.165, 1.54) is 0 Å². The van der Waals surface area contributed by atoms with Gasteiger partial charge in [-0.15, -0.1) is 0 Å². The van der Waals surface area contributed by atoms with Gasteiger partial charge in [-0.3, -0.25) is 28.8 Å². The van der Waals surface area contributed by atoms with E-state index in [0.717, 1.165) is 57.8 Å². The number of esters is 6. The van der Waals surface area contributed by atoms with Crippen molar-refractivity contribution in [1.29, 1.82) is 0 Å². The van der Waals surface area contributed by atoms with Crippen molar-refractivity contribution in [1.82, 2.24) is 0 Å². The summed E-state index contributed by atoms with van der Waals surface area (Å²) in [6.07, 6.45) is 1.64. The number of aliphatic hydroxyl groups is 1. The maximum Gasteiger partial charge on any atom is 0.308 e. The van der Waals surface area contributed by atoms with Gasteiger partial charge in [-0.1, -0.05) is 48.5 Å². The first-order chi connectivity index (χ1) is 42.2. The fourth-order valence-corrected chi connectivity index (χ4v) is 18.0. The second-order valence-electron chi connectivity index (χ2n) is 29.4. The van der Waals surface area contributed by atoms with E-state index in [2.05, 4.69) is 27.7 Å². The molecular weight excluding hydrogens is 1170 g/mol. The zero-order valence-corrected chi connectivity index (χ0v) is 53.3. The van der Waals surface area contributed by atoms with Gasteiger partial charge in [0.15, 0.2) is 29.6 Å². The minimum Gasteiger partial charge on any atom is -0.465 e. The molecule has 25 nitrogen and oxygen atoms in total. The van der Waals surface area contributed by atoms with Gasteiger partial charge in [0.05, 0.1) is 57.2 Å². The van der Waals surface area contributed by atoms with Crippen LogP contribution < -0.4 is 0 Å². The summed E-state index contributed by atoms with van der Waals surface area (Å²) in [5.41, 5.74) is -4.95. The molecule has 3 aliphatic carbocycles. The third-order valence-corrected chi connectivity index (χ3v) is 23.7. The lowest BCUT2D eigenvalue weighted by Gasteiger charge is -2.61. The molecule has 15 fully saturated rings. The summed E-state index contributed by atoms with van der Waals surface area (Å²) in [4.78, 5) is 118. The highest BCUT2D eigenvalue weighted by atomic mass is 17.3. The first kappa shape index (κ1) is 65.4. The molecule has 12 saturated heterocycles. The Kier molecular flexibility index (Phi) is 18.0. The number of rotatable bonds is 19. The summed E-state index contributed by atoms with van der Waals surface area (Å²) in [6, 6.07) is 0. The lowest BCUT2D eigenvalue weighted by atomic mass is 9.50. The van der Waals surface area contributed by atoms with Crippen LogP contribution in [0.5, 0.6) is 0 Å². The molecule has 25 heteroatoms. The fourth-order valence-electron chi connectivity index (χ4n) is 18.0. The second-order valence-corrected chi connectivity index (χ2v) is 29.4. The van der Waals surface area contributed by atoms with Gasteiger partial charge in [0.1, 0.15) is 31.5 Å². The van der Waals surface area contributed by atoms with Crippen molar-refractivity contribution in [3.05, 3.63) is 0 Å². The summed E-state index contributed by atoms with van der Waals surface area (Å²) in [6.45, 7) is 17.3. The van der Waals surface area contributed by atoms with Crippen molar-refractivity contribution in [2.45, 2.75) is 257 Å². The summed E-state index contributed by atoms with van der Waals surface area (Å²) in [5.74, 6) is -7.80. The zero-order valence-electron chi connectivity index (χ0n) is 53.3. The first-order valence-corrected chi connectivity index (χ1v) is 33.0. The Morgan fingerprint density at radius 2 is 0.854 bits per heavy atom. The molecule has 0 unspecified atom stereocenters. The van der Waals surface area contributed by atoms with Crippen molar-refractivity contribution < 1.29 is 120 Å². The van der Waals surface area contributed by atoms with Crippen molar-refractivity contribution in [2.24, 2.45) is 75.9 Å². The highest BCUT2D eigenvalue weighted by Gasteiger charge is 2.74. The van der Waals surface area contributed by atoms with Crippen LogP contribution in [0.25, 0.3) is 0 Å². The molecule has 0 aromatic heterocycles. The molecule has 0 aromatic carbocycles. The maximum absolute atomic E-state index is 13.6. The van der Waals surface area contributed by atoms with Crippen molar-refractivity contribution in [2.75, 3.05) is 33.0 Å². The average Bonchev–Trinajstić information content (AvgIpc) is 1.69. The fraction of sp³-hybridized carbons (Fsp3) is 0.906. The molecule has 24 atom stereocenters. The molecule has 89 heavy (non-hydrogen) atoms. The van der Waals surface area contributed by atoms with Crippen LogP contribution in [0, 0.1) is 75.9 Å². The van der Waals surface area contributed by atoms with Gasteiger partial charge in [0, 0.05) is 54.3 Å². The van der Waals surface area contributed by atoms with Crippen LogP contribution in [0.15, 0.2) is 0 Å². The van der Waals surface area contributed by atoms with E-state index in [1.807, 2.05) is 27.7 Å². The lowest BCUT2D eigenvalue weighted by Crippen LogP contribution is -2.70. The Labute approximate surface area is 519 Å². The third-order valence-electron chi connectivity index (χ3n) is 23.7. The van der Waals surface area contributed by atoms with E-state index in [1.54, 1.807) is 13.8 Å². The molecule has 500 valence electrons. The normalized spacial score (nSPS) is 47.2. The number of aliphatic hydroxyl groups excluding tert-OH is 1. The molecule has 6 bridgehead atoms. The smallest absolute Gasteiger partial charge is 0.308 e. The molecule has 3 spiro atoms. The number of carbonyl (C=O) groups is 6. The highest BCUT2D eigenvalue weighted by Crippen LogP contribution is 2.66. The summed E-state index contributed by atoms with van der Waals surface area (Å²) < 4.78 is 73.1. The van der Waals surface area contributed by atoms with Gasteiger partial charge in [0.2, 0.25) is 30.4 Å². The molecule has 0 radical (unpaired) electrons. The van der Waals surface area contributed by atoms with Gasteiger partial charge in [-0.2, -0.15) is 0 Å². The Morgan fingerprint density at radius 1 is 0.449 bits per heavy atom. The Hall–Kier alpha value is -3.70. The Balaban J connectivity index is 0.659. The maximum atomic E-state index is 13.6. The van der Waals surface area contributed by atoms with E-state index in [9.17, 15) is 33.9 Å². The molecular formula is C64H94O25. The number of hydrogen-bond acceptors (Lipinski definition) is 25. The number of carbonyl (C=O) groups excluding carboxylic acids is 6. The molecule has 12 heterocycles. The molecule has 12 aliphatic heterocycles. The predicted molar refractivity (Wildman–Crippen MR) is 298 cm³/mol. The van der Waals surface area contributed by atoms with E-state index >= 15 is 0 Å². The largest absolute Gasteiger partial charge is 0.465 e. The topological polar surface area (TPSA) is 289 Å². The monoisotopic (exact) mass is 1260 g/mol. The standard InChI is InChI=1S/C64H94O25/c1-34-11-13-43-37(4)52(79-55-62(43)40(34)22-26-59(9,82-55)84-87-62)76-49(69)18-15-46(66)73-31-61(30-65,32-74-47(67)16-19-50(70)77-53-38(5)44-14-12-35(2)41-23-27-60(10)83-56(80-53)63(41,44)88-85-60)33-75-48(68)17-20-51(71)78-54-39(6)57(7)25-21-36(3)42-24-28-58(8)81-45(29-72-54)64(42,57)89-86-58/h34-45,52-56,65H,11-33H2,1-10H3/t34-,35-,36-,37-,38-,39+,40+,41+,42+,43+,44+,45+,52-,53-,54+,55-,56-,57+,58-,59-,60-,62-,63-,64+/m1/s1. The van der Waals surface area contributed by atoms with E-state index < -0.39 is 183 Å². The molecule has 1 N–H and O–H groups in total. The molecule has 0 amide bonds. The third kappa shape index (κ3) is 11.6. The SMILES string of the molecule is C[C@H]1[C@H](OC(=O)CCC(=O)OCC(CO)(COC(=O)CCC(=O)O[C@@H]2O[C@@H]3O[C@@]4(C)CC[C@H]5[C@H](C)CC[C@@H]([C@H]2C)[C@@]35OO4)COC(=O)CCC(=O)O[C@@H]2OC[C@@H]3O[C@@]4(C)CC[C@H]5[C@H](C)CC[C@@](C)([C@H]2C)[C@@]35OO4)O[C@@H]2O[C@@]3(C)CC[C@H]4[C@H](C)CC[C@@H]1[C@@]24OO3. The minimum absolute atomic E-state index is 0.0878. The van der Waals surface area contributed by atoms with Gasteiger partial charge in [0.25, 0.3) is 0 Å². The van der Waals surface area contributed by atoms with Crippen LogP contribution in [0.3, 0.4) is 0 Å². The molecule has 15 aliphatic rings. The van der Waals surface area contributed by atoms with Gasteiger partial charge in [-0.25, -0.2) is 29.3 Å². The molecule has 0 aromatic rings. The first-order valence-electron chi connectivity index (χ1n) is 33.0. The van der Waals surface area contributed by atoms with Gasteiger partial charge in [-0.05, 0) is 114 Å². The average molecular weight is 1260 g/mol. The summed E-state index contributed by atoms with van der Waals surface area (Å²) in [5, 5.41) is 11.0. The van der Waals surface area contributed by atoms with Gasteiger partial charge < -0.3 is 61.9 Å². The summed E-state index contributed by atoms with van der Waals surface area (Å²) in [7, 11) is 0. The predicted octanol–water partition coefficient (Wildman–Crippen LogP) is 7.62. The molecule has 15 rings (SSSR count). The van der Waals surface area contributed by atoms with Crippen molar-refractivity contribution >= 4 is 35.8 Å². The van der Waals surface area contributed by atoms with Crippen LogP contribution in [0.1, 0.15) is 185 Å².